The van der Waals surface area contributed by atoms with Crippen molar-refractivity contribution in [2.45, 2.75) is 25.5 Å². The summed E-state index contributed by atoms with van der Waals surface area (Å²) in [6, 6.07) is 20.1. The SMILES string of the molecule is CC(C)(C)S(=O)N(CC=Cc1ccccc1)c1ccccc1. The third-order valence-electron chi connectivity index (χ3n) is 3.15. The predicted molar refractivity (Wildman–Crippen MR) is 97.2 cm³/mol. The van der Waals surface area contributed by atoms with E-state index in [0.717, 1.165) is 11.3 Å². The number of anilines is 1. The average Bonchev–Trinajstić information content (AvgIpc) is 2.52. The normalized spacial score (nSPS) is 13.2. The third kappa shape index (κ3) is 4.57. The van der Waals surface area contributed by atoms with Gasteiger partial charge in [-0.15, -0.1) is 0 Å². The van der Waals surface area contributed by atoms with Crippen LogP contribution in [-0.4, -0.2) is 15.5 Å². The fraction of sp³-hybridized carbons (Fsp3) is 0.263. The Hall–Kier alpha value is -1.87. The molecule has 0 fully saturated rings. The zero-order valence-electron chi connectivity index (χ0n) is 13.4. The summed E-state index contributed by atoms with van der Waals surface area (Å²) in [5.41, 5.74) is 2.13. The predicted octanol–water partition coefficient (Wildman–Crippen LogP) is 4.67. The van der Waals surface area contributed by atoms with Crippen LogP contribution in [0.2, 0.25) is 0 Å². The highest BCUT2D eigenvalue weighted by molar-refractivity contribution is 7.87. The lowest BCUT2D eigenvalue weighted by molar-refractivity contribution is 0.646. The molecule has 22 heavy (non-hydrogen) atoms. The van der Waals surface area contributed by atoms with Crippen LogP contribution < -0.4 is 4.31 Å². The monoisotopic (exact) mass is 313 g/mol. The molecular formula is C19H23NOS. The second-order valence-corrected chi connectivity index (χ2v) is 8.24. The molecule has 0 amide bonds. The maximum Gasteiger partial charge on any atom is 0.125 e. The Bertz CT molecular complexity index is 629. The Morgan fingerprint density at radius 3 is 2.05 bits per heavy atom. The lowest BCUT2D eigenvalue weighted by atomic mass is 10.2. The molecule has 1 unspecified atom stereocenters. The van der Waals surface area contributed by atoms with E-state index < -0.39 is 11.0 Å². The molecule has 0 spiro atoms. The van der Waals surface area contributed by atoms with Crippen molar-refractivity contribution in [3.8, 4) is 0 Å². The second-order valence-electron chi connectivity index (χ2n) is 6.07. The smallest absolute Gasteiger partial charge is 0.125 e. The summed E-state index contributed by atoms with van der Waals surface area (Å²) in [7, 11) is -1.10. The first-order valence-corrected chi connectivity index (χ1v) is 8.55. The standard InChI is InChI=1S/C19H23NOS/c1-19(2,3)22(21)20(18-14-8-5-9-15-18)16-10-13-17-11-6-4-7-12-17/h4-15H,16H2,1-3H3. The first kappa shape index (κ1) is 16.5. The number of rotatable bonds is 5. The highest BCUT2D eigenvalue weighted by Crippen LogP contribution is 2.23. The van der Waals surface area contributed by atoms with Crippen LogP contribution in [0.1, 0.15) is 26.3 Å². The Labute approximate surface area is 136 Å². The van der Waals surface area contributed by atoms with Crippen LogP contribution in [0, 0.1) is 0 Å². The van der Waals surface area contributed by atoms with Crippen LogP contribution >= 0.6 is 0 Å². The first-order chi connectivity index (χ1) is 10.5. The molecule has 0 saturated heterocycles. The lowest BCUT2D eigenvalue weighted by Crippen LogP contribution is -2.37. The zero-order valence-corrected chi connectivity index (χ0v) is 14.2. The van der Waals surface area contributed by atoms with Crippen molar-refractivity contribution >= 4 is 22.7 Å². The van der Waals surface area contributed by atoms with Gasteiger partial charge in [-0.05, 0) is 38.5 Å². The second kappa shape index (κ2) is 7.41. The van der Waals surface area contributed by atoms with Crippen molar-refractivity contribution in [3.05, 3.63) is 72.3 Å². The van der Waals surface area contributed by atoms with E-state index in [9.17, 15) is 4.21 Å². The molecule has 2 aromatic rings. The quantitative estimate of drug-likeness (QED) is 0.785. The van der Waals surface area contributed by atoms with E-state index in [-0.39, 0.29) is 4.75 Å². The molecule has 0 aliphatic rings. The average molecular weight is 313 g/mol. The van der Waals surface area contributed by atoms with Crippen LogP contribution in [0.5, 0.6) is 0 Å². The van der Waals surface area contributed by atoms with Gasteiger partial charge in [-0.3, -0.25) is 4.31 Å². The topological polar surface area (TPSA) is 20.3 Å². The Balaban J connectivity index is 2.19. The lowest BCUT2D eigenvalue weighted by Gasteiger charge is -2.29. The van der Waals surface area contributed by atoms with E-state index in [1.54, 1.807) is 0 Å². The van der Waals surface area contributed by atoms with Crippen molar-refractivity contribution < 1.29 is 4.21 Å². The van der Waals surface area contributed by atoms with Crippen molar-refractivity contribution in [3.63, 3.8) is 0 Å². The number of nitrogens with zero attached hydrogens (tertiary/aromatic N) is 1. The van der Waals surface area contributed by atoms with E-state index >= 15 is 0 Å². The minimum absolute atomic E-state index is 0.295. The van der Waals surface area contributed by atoms with Crippen LogP contribution in [-0.2, 0) is 11.0 Å². The van der Waals surface area contributed by atoms with E-state index in [1.807, 2.05) is 73.6 Å². The van der Waals surface area contributed by atoms with Crippen LogP contribution in [0.3, 0.4) is 0 Å². The maximum absolute atomic E-state index is 12.8. The minimum atomic E-state index is -1.10. The van der Waals surface area contributed by atoms with Gasteiger partial charge in [0.05, 0.1) is 11.3 Å². The fourth-order valence-corrected chi connectivity index (χ4v) is 3.24. The van der Waals surface area contributed by atoms with Gasteiger partial charge in [0.2, 0.25) is 0 Å². The van der Waals surface area contributed by atoms with Gasteiger partial charge in [-0.1, -0.05) is 60.7 Å². The molecule has 0 aliphatic carbocycles. The molecule has 116 valence electrons. The Kier molecular flexibility index (Phi) is 5.56. The van der Waals surface area contributed by atoms with Gasteiger partial charge in [-0.25, -0.2) is 4.21 Å². The third-order valence-corrected chi connectivity index (χ3v) is 4.96. The summed E-state index contributed by atoms with van der Waals surface area (Å²) in [6.07, 6.45) is 4.13. The summed E-state index contributed by atoms with van der Waals surface area (Å²) in [6.45, 7) is 6.61. The minimum Gasteiger partial charge on any atom is -0.288 e. The summed E-state index contributed by atoms with van der Waals surface area (Å²) in [5, 5.41) is 0. The number of hydrogen-bond donors (Lipinski definition) is 0. The van der Waals surface area contributed by atoms with Crippen molar-refractivity contribution in [2.24, 2.45) is 0 Å². The molecule has 2 nitrogen and oxygen atoms in total. The van der Waals surface area contributed by atoms with Gasteiger partial charge in [0.1, 0.15) is 11.0 Å². The van der Waals surface area contributed by atoms with E-state index in [0.29, 0.717) is 6.54 Å². The van der Waals surface area contributed by atoms with Gasteiger partial charge in [0.25, 0.3) is 0 Å². The van der Waals surface area contributed by atoms with E-state index in [1.165, 1.54) is 0 Å². The van der Waals surface area contributed by atoms with Crippen LogP contribution in [0.15, 0.2) is 66.7 Å². The van der Waals surface area contributed by atoms with Gasteiger partial charge >= 0.3 is 0 Å². The molecule has 2 rings (SSSR count). The Morgan fingerprint density at radius 1 is 0.955 bits per heavy atom. The zero-order chi connectivity index (χ0) is 16.0. The van der Waals surface area contributed by atoms with E-state index in [4.69, 9.17) is 0 Å². The Morgan fingerprint density at radius 2 is 1.50 bits per heavy atom. The molecule has 3 heteroatoms. The van der Waals surface area contributed by atoms with Gasteiger partial charge in [-0.2, -0.15) is 0 Å². The molecule has 0 bridgehead atoms. The number of hydrogen-bond acceptors (Lipinski definition) is 1. The van der Waals surface area contributed by atoms with Crippen LogP contribution in [0.4, 0.5) is 5.69 Å². The molecule has 0 saturated carbocycles. The molecular weight excluding hydrogens is 290 g/mol. The molecule has 2 aromatic carbocycles. The number of benzene rings is 2. The van der Waals surface area contributed by atoms with Gasteiger partial charge in [0, 0.05) is 5.69 Å². The number of para-hydroxylation sites is 1. The highest BCUT2D eigenvalue weighted by Gasteiger charge is 2.25. The fourth-order valence-electron chi connectivity index (χ4n) is 2.04. The van der Waals surface area contributed by atoms with Crippen molar-refractivity contribution in [1.29, 1.82) is 0 Å². The highest BCUT2D eigenvalue weighted by atomic mass is 32.2. The van der Waals surface area contributed by atoms with Crippen LogP contribution in [0.25, 0.3) is 6.08 Å². The molecule has 0 aromatic heterocycles. The largest absolute Gasteiger partial charge is 0.288 e. The van der Waals surface area contributed by atoms with E-state index in [2.05, 4.69) is 24.3 Å². The van der Waals surface area contributed by atoms with Gasteiger partial charge in [0.15, 0.2) is 0 Å². The molecule has 0 radical (unpaired) electrons. The van der Waals surface area contributed by atoms with Gasteiger partial charge < -0.3 is 0 Å². The summed E-state index contributed by atoms with van der Waals surface area (Å²) >= 11 is 0. The molecule has 0 aliphatic heterocycles. The summed E-state index contributed by atoms with van der Waals surface area (Å²) in [4.78, 5) is 0. The van der Waals surface area contributed by atoms with Crippen molar-refractivity contribution in [1.82, 2.24) is 0 Å². The molecule has 0 heterocycles. The summed E-state index contributed by atoms with van der Waals surface area (Å²) in [5.74, 6) is 0. The first-order valence-electron chi connectivity index (χ1n) is 7.44. The van der Waals surface area contributed by atoms with Crippen molar-refractivity contribution in [2.75, 3.05) is 10.8 Å². The maximum atomic E-state index is 12.8. The molecule has 0 N–H and O–H groups in total. The molecule has 1 atom stereocenters. The summed E-state index contributed by atoms with van der Waals surface area (Å²) < 4.78 is 14.5.